The molecule has 0 aliphatic rings. The highest BCUT2D eigenvalue weighted by atomic mass is 32.1. The third-order valence-corrected chi connectivity index (χ3v) is 4.59. The lowest BCUT2D eigenvalue weighted by atomic mass is 10.0. The molecular formula is C16H20OS. The maximum Gasteiger partial charge on any atom is 0.119 e. The van der Waals surface area contributed by atoms with Gasteiger partial charge in [-0.15, -0.1) is 11.3 Å². The Hall–Kier alpha value is -1.28. The molecule has 0 spiro atoms. The molecule has 0 N–H and O–H groups in total. The molecule has 0 saturated heterocycles. The average molecular weight is 260 g/mol. The van der Waals surface area contributed by atoms with Gasteiger partial charge in [0.2, 0.25) is 0 Å². The van der Waals surface area contributed by atoms with Crippen LogP contribution in [-0.2, 0) is 0 Å². The number of ether oxygens (including phenoxy) is 1. The smallest absolute Gasteiger partial charge is 0.119 e. The van der Waals surface area contributed by atoms with E-state index in [1.54, 1.807) is 7.11 Å². The Balaban J connectivity index is 2.49. The highest BCUT2D eigenvalue weighted by Crippen LogP contribution is 2.37. The van der Waals surface area contributed by atoms with Crippen LogP contribution in [0.3, 0.4) is 0 Å². The number of benzene rings is 1. The highest BCUT2D eigenvalue weighted by molar-refractivity contribution is 7.15. The van der Waals surface area contributed by atoms with Crippen LogP contribution >= 0.6 is 11.3 Å². The van der Waals surface area contributed by atoms with Crippen LogP contribution < -0.4 is 4.74 Å². The second-order valence-electron chi connectivity index (χ2n) is 4.99. The first-order chi connectivity index (χ1) is 8.52. The standard InChI is InChI=1S/C16H20OS/c1-10(2)14-6-7-15(18-14)16-11(3)8-13(17-5)9-12(16)4/h6-10H,1-5H3. The van der Waals surface area contributed by atoms with E-state index >= 15 is 0 Å². The molecule has 1 heterocycles. The van der Waals surface area contributed by atoms with E-state index in [1.165, 1.54) is 26.4 Å². The predicted octanol–water partition coefficient (Wildman–Crippen LogP) is 5.16. The first-order valence-electron chi connectivity index (χ1n) is 6.28. The van der Waals surface area contributed by atoms with Gasteiger partial charge in [-0.25, -0.2) is 0 Å². The molecule has 0 saturated carbocycles. The highest BCUT2D eigenvalue weighted by Gasteiger charge is 2.11. The predicted molar refractivity (Wildman–Crippen MR) is 79.9 cm³/mol. The van der Waals surface area contributed by atoms with Gasteiger partial charge in [-0.2, -0.15) is 0 Å². The largest absolute Gasteiger partial charge is 0.497 e. The van der Waals surface area contributed by atoms with E-state index in [0.717, 1.165) is 5.75 Å². The van der Waals surface area contributed by atoms with Crippen molar-refractivity contribution in [3.8, 4) is 16.2 Å². The van der Waals surface area contributed by atoms with Crippen molar-refractivity contribution in [2.24, 2.45) is 0 Å². The van der Waals surface area contributed by atoms with E-state index in [4.69, 9.17) is 4.74 Å². The summed E-state index contributed by atoms with van der Waals surface area (Å²) in [6.07, 6.45) is 0. The molecule has 0 atom stereocenters. The molecule has 1 nitrogen and oxygen atoms in total. The van der Waals surface area contributed by atoms with Gasteiger partial charge in [0.1, 0.15) is 5.75 Å². The van der Waals surface area contributed by atoms with Crippen molar-refractivity contribution >= 4 is 11.3 Å². The second-order valence-corrected chi connectivity index (χ2v) is 6.11. The maximum absolute atomic E-state index is 5.31. The molecule has 0 radical (unpaired) electrons. The Morgan fingerprint density at radius 1 is 1.06 bits per heavy atom. The summed E-state index contributed by atoms with van der Waals surface area (Å²) in [6.45, 7) is 8.78. The van der Waals surface area contributed by atoms with E-state index in [-0.39, 0.29) is 0 Å². The molecule has 0 aliphatic heterocycles. The Kier molecular flexibility index (Phi) is 3.76. The zero-order chi connectivity index (χ0) is 13.3. The Morgan fingerprint density at radius 3 is 2.11 bits per heavy atom. The third-order valence-electron chi connectivity index (χ3n) is 3.18. The van der Waals surface area contributed by atoms with Crippen LogP contribution in [0.4, 0.5) is 0 Å². The molecular weight excluding hydrogens is 240 g/mol. The summed E-state index contributed by atoms with van der Waals surface area (Å²) >= 11 is 1.90. The topological polar surface area (TPSA) is 9.23 Å². The first kappa shape index (κ1) is 13.2. The molecule has 1 aromatic carbocycles. The average Bonchev–Trinajstić information content (AvgIpc) is 2.77. The molecule has 96 valence electrons. The number of methoxy groups -OCH3 is 1. The van der Waals surface area contributed by atoms with E-state index < -0.39 is 0 Å². The molecule has 0 amide bonds. The quantitative estimate of drug-likeness (QED) is 0.740. The first-order valence-corrected chi connectivity index (χ1v) is 7.10. The number of rotatable bonds is 3. The van der Waals surface area contributed by atoms with Gasteiger partial charge in [-0.1, -0.05) is 13.8 Å². The van der Waals surface area contributed by atoms with E-state index in [9.17, 15) is 0 Å². The fourth-order valence-electron chi connectivity index (χ4n) is 2.23. The van der Waals surface area contributed by atoms with Crippen molar-refractivity contribution in [3.63, 3.8) is 0 Å². The summed E-state index contributed by atoms with van der Waals surface area (Å²) in [5, 5.41) is 0. The van der Waals surface area contributed by atoms with Crippen molar-refractivity contribution in [1.82, 2.24) is 0 Å². The van der Waals surface area contributed by atoms with Gasteiger partial charge in [-0.05, 0) is 60.7 Å². The molecule has 2 aromatic rings. The monoisotopic (exact) mass is 260 g/mol. The third kappa shape index (κ3) is 2.44. The van der Waals surface area contributed by atoms with Gasteiger partial charge < -0.3 is 4.74 Å². The van der Waals surface area contributed by atoms with Crippen LogP contribution in [0, 0.1) is 13.8 Å². The summed E-state index contributed by atoms with van der Waals surface area (Å²) in [7, 11) is 1.72. The summed E-state index contributed by atoms with van der Waals surface area (Å²) < 4.78 is 5.31. The lowest BCUT2D eigenvalue weighted by molar-refractivity contribution is 0.414. The Labute approximate surface area is 113 Å². The molecule has 2 heteroatoms. The van der Waals surface area contributed by atoms with Gasteiger partial charge in [0, 0.05) is 9.75 Å². The minimum atomic E-state index is 0.600. The minimum Gasteiger partial charge on any atom is -0.497 e. The van der Waals surface area contributed by atoms with Crippen molar-refractivity contribution in [3.05, 3.63) is 40.3 Å². The van der Waals surface area contributed by atoms with Gasteiger partial charge in [0.05, 0.1) is 7.11 Å². The number of hydrogen-bond donors (Lipinski definition) is 0. The summed E-state index contributed by atoms with van der Waals surface area (Å²) in [6, 6.07) is 8.70. The zero-order valence-corrected chi connectivity index (χ0v) is 12.5. The molecule has 18 heavy (non-hydrogen) atoms. The molecule has 0 bridgehead atoms. The van der Waals surface area contributed by atoms with E-state index in [0.29, 0.717) is 5.92 Å². The minimum absolute atomic E-state index is 0.600. The summed E-state index contributed by atoms with van der Waals surface area (Å²) in [5.41, 5.74) is 3.92. The van der Waals surface area contributed by atoms with Crippen LogP contribution in [0.5, 0.6) is 5.75 Å². The molecule has 1 aromatic heterocycles. The van der Waals surface area contributed by atoms with Crippen LogP contribution in [0.15, 0.2) is 24.3 Å². The Morgan fingerprint density at radius 2 is 1.67 bits per heavy atom. The number of aryl methyl sites for hydroxylation is 2. The molecule has 2 rings (SSSR count). The van der Waals surface area contributed by atoms with Crippen LogP contribution in [0.25, 0.3) is 10.4 Å². The summed E-state index contributed by atoms with van der Waals surface area (Å²) in [5.74, 6) is 1.54. The lowest BCUT2D eigenvalue weighted by Crippen LogP contribution is -1.90. The Bertz CT molecular complexity index is 529. The van der Waals surface area contributed by atoms with Gasteiger partial charge in [-0.3, -0.25) is 0 Å². The van der Waals surface area contributed by atoms with E-state index in [2.05, 4.69) is 52.0 Å². The van der Waals surface area contributed by atoms with Crippen LogP contribution in [0.2, 0.25) is 0 Å². The number of thiophene rings is 1. The molecule has 0 unspecified atom stereocenters. The van der Waals surface area contributed by atoms with Crippen molar-refractivity contribution in [2.75, 3.05) is 7.11 Å². The molecule has 0 aliphatic carbocycles. The second kappa shape index (κ2) is 5.15. The molecule has 0 fully saturated rings. The zero-order valence-electron chi connectivity index (χ0n) is 11.7. The summed E-state index contributed by atoms with van der Waals surface area (Å²) in [4.78, 5) is 2.80. The van der Waals surface area contributed by atoms with Gasteiger partial charge >= 0.3 is 0 Å². The van der Waals surface area contributed by atoms with Crippen molar-refractivity contribution in [2.45, 2.75) is 33.6 Å². The van der Waals surface area contributed by atoms with Gasteiger partial charge in [0.15, 0.2) is 0 Å². The van der Waals surface area contributed by atoms with Crippen molar-refractivity contribution < 1.29 is 4.74 Å². The normalized spacial score (nSPS) is 11.0. The van der Waals surface area contributed by atoms with Crippen molar-refractivity contribution in [1.29, 1.82) is 0 Å². The van der Waals surface area contributed by atoms with E-state index in [1.807, 2.05) is 11.3 Å². The fraction of sp³-hybridized carbons (Fsp3) is 0.375. The maximum atomic E-state index is 5.31. The lowest BCUT2D eigenvalue weighted by Gasteiger charge is -2.10. The van der Waals surface area contributed by atoms with Crippen LogP contribution in [0.1, 0.15) is 35.8 Å². The van der Waals surface area contributed by atoms with Crippen LogP contribution in [-0.4, -0.2) is 7.11 Å². The fourth-order valence-corrected chi connectivity index (χ4v) is 3.41. The SMILES string of the molecule is COc1cc(C)c(-c2ccc(C(C)C)s2)c(C)c1. The van der Waals surface area contributed by atoms with Gasteiger partial charge in [0.25, 0.3) is 0 Å². The number of hydrogen-bond acceptors (Lipinski definition) is 2.